The van der Waals surface area contributed by atoms with Crippen molar-refractivity contribution in [1.82, 2.24) is 10.2 Å². The standard InChI is InChI=1S/C13H26N2O3/c1-7-10(5)15(8-2)12(16)11(9(3)4)14-13(17)18-6/h9-11H,7-8H2,1-6H3,(H,14,17). The van der Waals surface area contributed by atoms with Crippen molar-refractivity contribution in [2.75, 3.05) is 13.7 Å². The van der Waals surface area contributed by atoms with E-state index in [0.29, 0.717) is 6.54 Å². The van der Waals surface area contributed by atoms with Crippen LogP contribution in [-0.4, -0.2) is 42.6 Å². The number of amides is 2. The van der Waals surface area contributed by atoms with Gasteiger partial charge >= 0.3 is 6.09 Å². The van der Waals surface area contributed by atoms with Gasteiger partial charge in [0, 0.05) is 12.6 Å². The van der Waals surface area contributed by atoms with E-state index in [4.69, 9.17) is 0 Å². The number of likely N-dealkylation sites (N-methyl/N-ethyl adjacent to an activating group) is 1. The Balaban J connectivity index is 4.88. The Bertz CT molecular complexity index is 279. The van der Waals surface area contributed by atoms with Crippen molar-refractivity contribution in [2.24, 2.45) is 5.92 Å². The molecule has 0 aliphatic rings. The van der Waals surface area contributed by atoms with Crippen molar-refractivity contribution in [1.29, 1.82) is 0 Å². The molecular weight excluding hydrogens is 232 g/mol. The van der Waals surface area contributed by atoms with Crippen LogP contribution in [0.3, 0.4) is 0 Å². The molecular formula is C13H26N2O3. The predicted molar refractivity (Wildman–Crippen MR) is 71.3 cm³/mol. The number of nitrogens with one attached hydrogen (secondary N) is 1. The van der Waals surface area contributed by atoms with Gasteiger partial charge in [0.05, 0.1) is 7.11 Å². The first-order valence-electron chi connectivity index (χ1n) is 6.53. The third-order valence-electron chi connectivity index (χ3n) is 3.14. The van der Waals surface area contributed by atoms with E-state index in [2.05, 4.69) is 10.1 Å². The maximum absolute atomic E-state index is 12.4. The average molecular weight is 258 g/mol. The van der Waals surface area contributed by atoms with Crippen molar-refractivity contribution in [3.63, 3.8) is 0 Å². The molecule has 2 unspecified atom stereocenters. The minimum Gasteiger partial charge on any atom is -0.453 e. The first-order valence-corrected chi connectivity index (χ1v) is 6.53. The monoisotopic (exact) mass is 258 g/mol. The molecule has 0 radical (unpaired) electrons. The number of methoxy groups -OCH3 is 1. The summed E-state index contributed by atoms with van der Waals surface area (Å²) in [7, 11) is 1.30. The zero-order valence-electron chi connectivity index (χ0n) is 12.3. The summed E-state index contributed by atoms with van der Waals surface area (Å²) in [6.07, 6.45) is 0.324. The largest absolute Gasteiger partial charge is 0.453 e. The summed E-state index contributed by atoms with van der Waals surface area (Å²) in [6.45, 7) is 10.4. The van der Waals surface area contributed by atoms with Gasteiger partial charge in [-0.05, 0) is 26.2 Å². The molecule has 0 aliphatic heterocycles. The fourth-order valence-electron chi connectivity index (χ4n) is 1.78. The highest BCUT2D eigenvalue weighted by molar-refractivity contribution is 5.86. The third kappa shape index (κ3) is 4.55. The van der Waals surface area contributed by atoms with Crippen molar-refractivity contribution >= 4 is 12.0 Å². The summed E-state index contributed by atoms with van der Waals surface area (Å²) in [5.41, 5.74) is 0. The Morgan fingerprint density at radius 3 is 2.11 bits per heavy atom. The van der Waals surface area contributed by atoms with Gasteiger partial charge in [-0.1, -0.05) is 20.8 Å². The molecule has 0 aromatic rings. The van der Waals surface area contributed by atoms with Crippen LogP contribution < -0.4 is 5.32 Å². The van der Waals surface area contributed by atoms with Crippen LogP contribution in [0.15, 0.2) is 0 Å². The second-order valence-corrected chi connectivity index (χ2v) is 4.74. The number of alkyl carbamates (subject to hydrolysis) is 1. The minimum absolute atomic E-state index is 0.0229. The molecule has 0 saturated heterocycles. The number of carbonyl (C=O) groups is 2. The van der Waals surface area contributed by atoms with Crippen molar-refractivity contribution < 1.29 is 14.3 Å². The van der Waals surface area contributed by atoms with Crippen molar-refractivity contribution in [3.05, 3.63) is 0 Å². The number of hydrogen-bond acceptors (Lipinski definition) is 3. The van der Waals surface area contributed by atoms with E-state index in [1.807, 2.05) is 34.6 Å². The maximum atomic E-state index is 12.4. The predicted octanol–water partition coefficient (Wildman–Crippen LogP) is 2.01. The Kier molecular flexibility index (Phi) is 7.39. The van der Waals surface area contributed by atoms with E-state index in [9.17, 15) is 9.59 Å². The van der Waals surface area contributed by atoms with Crippen LogP contribution >= 0.6 is 0 Å². The Morgan fingerprint density at radius 1 is 1.22 bits per heavy atom. The van der Waals surface area contributed by atoms with Gasteiger partial charge < -0.3 is 15.0 Å². The molecule has 5 nitrogen and oxygen atoms in total. The highest BCUT2D eigenvalue weighted by atomic mass is 16.5. The molecule has 2 amide bonds. The van der Waals surface area contributed by atoms with Crippen molar-refractivity contribution in [2.45, 2.75) is 53.1 Å². The van der Waals surface area contributed by atoms with Gasteiger partial charge in [-0.3, -0.25) is 4.79 Å². The minimum atomic E-state index is -0.567. The lowest BCUT2D eigenvalue weighted by Crippen LogP contribution is -2.53. The van der Waals surface area contributed by atoms with Gasteiger partial charge in [0.2, 0.25) is 5.91 Å². The van der Waals surface area contributed by atoms with Gasteiger partial charge in [0.25, 0.3) is 0 Å². The molecule has 0 aromatic heterocycles. The lowest BCUT2D eigenvalue weighted by Gasteiger charge is -2.32. The summed E-state index contributed by atoms with van der Waals surface area (Å²) >= 11 is 0. The highest BCUT2D eigenvalue weighted by Crippen LogP contribution is 2.11. The lowest BCUT2D eigenvalue weighted by molar-refractivity contribution is -0.136. The first kappa shape index (κ1) is 16.7. The average Bonchev–Trinajstić information content (AvgIpc) is 2.35. The topological polar surface area (TPSA) is 58.6 Å². The van der Waals surface area contributed by atoms with E-state index < -0.39 is 12.1 Å². The molecule has 18 heavy (non-hydrogen) atoms. The zero-order valence-corrected chi connectivity index (χ0v) is 12.3. The second kappa shape index (κ2) is 7.95. The van der Waals surface area contributed by atoms with Crippen molar-refractivity contribution in [3.8, 4) is 0 Å². The number of carbonyl (C=O) groups excluding carboxylic acids is 2. The molecule has 0 heterocycles. The summed E-state index contributed by atoms with van der Waals surface area (Å²) in [4.78, 5) is 25.5. The summed E-state index contributed by atoms with van der Waals surface area (Å²) in [5.74, 6) is -0.0260. The summed E-state index contributed by atoms with van der Waals surface area (Å²) in [5, 5.41) is 2.61. The van der Waals surface area contributed by atoms with Crippen LogP contribution in [-0.2, 0) is 9.53 Å². The highest BCUT2D eigenvalue weighted by Gasteiger charge is 2.29. The van der Waals surface area contributed by atoms with Gasteiger partial charge in [-0.15, -0.1) is 0 Å². The SMILES string of the molecule is CCC(C)N(CC)C(=O)C(NC(=O)OC)C(C)C. The van der Waals surface area contributed by atoms with Gasteiger partial charge in [-0.2, -0.15) is 0 Å². The van der Waals surface area contributed by atoms with E-state index in [1.165, 1.54) is 7.11 Å². The summed E-state index contributed by atoms with van der Waals surface area (Å²) < 4.78 is 4.56. The van der Waals surface area contributed by atoms with E-state index in [-0.39, 0.29) is 17.9 Å². The van der Waals surface area contributed by atoms with E-state index >= 15 is 0 Å². The molecule has 0 rings (SSSR count). The molecule has 0 aliphatic carbocycles. The fraction of sp³-hybridized carbons (Fsp3) is 0.846. The fourth-order valence-corrected chi connectivity index (χ4v) is 1.78. The van der Waals surface area contributed by atoms with Crippen LogP contribution in [0.25, 0.3) is 0 Å². The first-order chi connectivity index (χ1) is 8.38. The van der Waals surface area contributed by atoms with Gasteiger partial charge in [-0.25, -0.2) is 4.79 Å². The normalized spacial score (nSPS) is 13.9. The van der Waals surface area contributed by atoms with E-state index in [0.717, 1.165) is 6.42 Å². The maximum Gasteiger partial charge on any atom is 0.407 e. The molecule has 106 valence electrons. The Hall–Kier alpha value is -1.26. The molecule has 1 N–H and O–H groups in total. The van der Waals surface area contributed by atoms with Crippen LogP contribution in [0.5, 0.6) is 0 Å². The number of ether oxygens (including phenoxy) is 1. The molecule has 5 heteroatoms. The quantitative estimate of drug-likeness (QED) is 0.793. The molecule has 0 fully saturated rings. The zero-order chi connectivity index (χ0) is 14.3. The molecule has 0 spiro atoms. The second-order valence-electron chi connectivity index (χ2n) is 4.74. The summed E-state index contributed by atoms with van der Waals surface area (Å²) in [6, 6.07) is -0.366. The Labute approximate surface area is 110 Å². The van der Waals surface area contributed by atoms with Crippen LogP contribution in [0, 0.1) is 5.92 Å². The molecule has 0 saturated carbocycles. The number of nitrogens with zero attached hydrogens (tertiary/aromatic N) is 1. The van der Waals surface area contributed by atoms with Crippen LogP contribution in [0.1, 0.15) is 41.0 Å². The number of rotatable bonds is 6. The van der Waals surface area contributed by atoms with Gasteiger partial charge in [0.15, 0.2) is 0 Å². The molecule has 2 atom stereocenters. The van der Waals surface area contributed by atoms with Crippen LogP contribution in [0.2, 0.25) is 0 Å². The lowest BCUT2D eigenvalue weighted by atomic mass is 10.0. The number of hydrogen-bond donors (Lipinski definition) is 1. The van der Waals surface area contributed by atoms with E-state index in [1.54, 1.807) is 4.90 Å². The molecule has 0 aromatic carbocycles. The third-order valence-corrected chi connectivity index (χ3v) is 3.14. The van der Waals surface area contributed by atoms with Gasteiger partial charge in [0.1, 0.15) is 6.04 Å². The molecule has 0 bridgehead atoms. The van der Waals surface area contributed by atoms with Crippen LogP contribution in [0.4, 0.5) is 4.79 Å². The smallest absolute Gasteiger partial charge is 0.407 e. The Morgan fingerprint density at radius 2 is 1.78 bits per heavy atom.